The van der Waals surface area contributed by atoms with Crippen LogP contribution in [0.3, 0.4) is 0 Å². The summed E-state index contributed by atoms with van der Waals surface area (Å²) in [5.41, 5.74) is 2.92. The predicted octanol–water partition coefficient (Wildman–Crippen LogP) is 1.66. The molecule has 5 heteroatoms. The second-order valence-corrected chi connectivity index (χ2v) is 3.47. The van der Waals surface area contributed by atoms with Crippen molar-refractivity contribution >= 4 is 5.65 Å². The lowest BCUT2D eigenvalue weighted by Crippen LogP contribution is -1.95. The van der Waals surface area contributed by atoms with Gasteiger partial charge in [0.05, 0.1) is 11.9 Å². The SMILES string of the molecule is N#Cc1cnn2c(-c3ccncc3)ccnc12. The Labute approximate surface area is 97.0 Å². The summed E-state index contributed by atoms with van der Waals surface area (Å²) < 4.78 is 1.66. The molecule has 0 saturated heterocycles. The molecule has 0 unspecified atom stereocenters. The van der Waals surface area contributed by atoms with Crippen LogP contribution in [0.1, 0.15) is 5.56 Å². The van der Waals surface area contributed by atoms with E-state index in [1.54, 1.807) is 23.1 Å². The van der Waals surface area contributed by atoms with E-state index < -0.39 is 0 Å². The highest BCUT2D eigenvalue weighted by atomic mass is 15.3. The van der Waals surface area contributed by atoms with E-state index in [0.29, 0.717) is 11.2 Å². The Balaban J connectivity index is 2.32. The number of pyridine rings is 1. The van der Waals surface area contributed by atoms with E-state index >= 15 is 0 Å². The van der Waals surface area contributed by atoms with E-state index in [2.05, 4.69) is 21.1 Å². The van der Waals surface area contributed by atoms with Crippen LogP contribution in [-0.4, -0.2) is 19.6 Å². The molecule has 0 aliphatic heterocycles. The first-order valence-electron chi connectivity index (χ1n) is 5.03. The zero-order valence-corrected chi connectivity index (χ0v) is 8.78. The molecule has 3 aromatic rings. The topological polar surface area (TPSA) is 66.9 Å². The minimum Gasteiger partial charge on any atom is -0.265 e. The smallest absolute Gasteiger partial charge is 0.173 e. The van der Waals surface area contributed by atoms with Crippen molar-refractivity contribution in [2.24, 2.45) is 0 Å². The molecule has 0 fully saturated rings. The Morgan fingerprint density at radius 3 is 2.71 bits per heavy atom. The highest BCUT2D eigenvalue weighted by Gasteiger charge is 2.08. The molecule has 0 spiro atoms. The molecule has 0 atom stereocenters. The highest BCUT2D eigenvalue weighted by molar-refractivity contribution is 5.64. The fourth-order valence-electron chi connectivity index (χ4n) is 1.71. The van der Waals surface area contributed by atoms with Gasteiger partial charge in [-0.05, 0) is 18.2 Å². The largest absolute Gasteiger partial charge is 0.265 e. The summed E-state index contributed by atoms with van der Waals surface area (Å²) in [4.78, 5) is 8.14. The van der Waals surface area contributed by atoms with Crippen LogP contribution in [0.5, 0.6) is 0 Å². The Bertz CT molecular complexity index is 709. The Hall–Kier alpha value is -2.74. The molecule has 0 amide bonds. The van der Waals surface area contributed by atoms with E-state index in [1.165, 1.54) is 6.20 Å². The van der Waals surface area contributed by atoms with Gasteiger partial charge < -0.3 is 0 Å². The average molecular weight is 221 g/mol. The van der Waals surface area contributed by atoms with Crippen LogP contribution >= 0.6 is 0 Å². The van der Waals surface area contributed by atoms with Gasteiger partial charge in [-0.1, -0.05) is 0 Å². The average Bonchev–Trinajstić information content (AvgIpc) is 2.82. The fourth-order valence-corrected chi connectivity index (χ4v) is 1.71. The molecule has 3 rings (SSSR count). The zero-order chi connectivity index (χ0) is 11.7. The molecule has 0 saturated carbocycles. The Kier molecular flexibility index (Phi) is 2.06. The second-order valence-electron chi connectivity index (χ2n) is 3.47. The lowest BCUT2D eigenvalue weighted by Gasteiger charge is -2.03. The van der Waals surface area contributed by atoms with Gasteiger partial charge in [0.15, 0.2) is 5.65 Å². The summed E-state index contributed by atoms with van der Waals surface area (Å²) in [6.45, 7) is 0. The molecule has 0 aliphatic carbocycles. The maximum Gasteiger partial charge on any atom is 0.173 e. The molecule has 0 bridgehead atoms. The number of rotatable bonds is 1. The van der Waals surface area contributed by atoms with Gasteiger partial charge in [-0.3, -0.25) is 4.98 Å². The van der Waals surface area contributed by atoms with Crippen LogP contribution in [0.25, 0.3) is 16.9 Å². The van der Waals surface area contributed by atoms with Crippen molar-refractivity contribution in [1.29, 1.82) is 5.26 Å². The molecule has 80 valence electrons. The van der Waals surface area contributed by atoms with Crippen LogP contribution in [0.2, 0.25) is 0 Å². The summed E-state index contributed by atoms with van der Waals surface area (Å²) in [6, 6.07) is 7.71. The van der Waals surface area contributed by atoms with E-state index in [1.807, 2.05) is 18.2 Å². The lowest BCUT2D eigenvalue weighted by molar-refractivity contribution is 0.947. The Morgan fingerprint density at radius 1 is 1.12 bits per heavy atom. The van der Waals surface area contributed by atoms with Gasteiger partial charge in [0, 0.05) is 24.2 Å². The summed E-state index contributed by atoms with van der Waals surface area (Å²) >= 11 is 0. The van der Waals surface area contributed by atoms with Crippen molar-refractivity contribution in [3.05, 3.63) is 48.5 Å². The van der Waals surface area contributed by atoms with Gasteiger partial charge >= 0.3 is 0 Å². The number of hydrogen-bond donors (Lipinski definition) is 0. The second kappa shape index (κ2) is 3.68. The number of aromatic nitrogens is 4. The number of fused-ring (bicyclic) bond motifs is 1. The molecule has 0 aromatic carbocycles. The van der Waals surface area contributed by atoms with Gasteiger partial charge in [-0.15, -0.1) is 0 Å². The summed E-state index contributed by atoms with van der Waals surface area (Å²) in [6.07, 6.45) is 6.63. The van der Waals surface area contributed by atoms with Crippen molar-refractivity contribution in [2.45, 2.75) is 0 Å². The highest BCUT2D eigenvalue weighted by Crippen LogP contribution is 2.19. The Morgan fingerprint density at radius 2 is 1.94 bits per heavy atom. The summed E-state index contributed by atoms with van der Waals surface area (Å²) in [5.74, 6) is 0. The molecule has 5 nitrogen and oxygen atoms in total. The fraction of sp³-hybridized carbons (Fsp3) is 0. The third-order valence-electron chi connectivity index (χ3n) is 2.50. The van der Waals surface area contributed by atoms with Gasteiger partial charge in [-0.2, -0.15) is 10.4 Å². The number of hydrogen-bond acceptors (Lipinski definition) is 4. The van der Waals surface area contributed by atoms with E-state index in [0.717, 1.165) is 11.3 Å². The van der Waals surface area contributed by atoms with Crippen molar-refractivity contribution in [1.82, 2.24) is 19.6 Å². The molecule has 3 heterocycles. The quantitative estimate of drug-likeness (QED) is 0.626. The summed E-state index contributed by atoms with van der Waals surface area (Å²) in [7, 11) is 0. The number of nitriles is 1. The molecule has 17 heavy (non-hydrogen) atoms. The lowest BCUT2D eigenvalue weighted by atomic mass is 10.2. The van der Waals surface area contributed by atoms with Crippen LogP contribution in [0.15, 0.2) is 43.0 Å². The minimum atomic E-state index is 0.473. The standard InChI is InChI=1S/C12H7N5/c13-7-10-8-16-17-11(3-6-15-12(10)17)9-1-4-14-5-2-9/h1-6,8H. The molecule has 0 aliphatic rings. The normalized spacial score (nSPS) is 10.3. The van der Waals surface area contributed by atoms with Gasteiger partial charge in [0.25, 0.3) is 0 Å². The zero-order valence-electron chi connectivity index (χ0n) is 8.78. The van der Waals surface area contributed by atoms with Gasteiger partial charge in [0.1, 0.15) is 11.6 Å². The maximum atomic E-state index is 8.93. The molecule has 3 aromatic heterocycles. The van der Waals surface area contributed by atoms with Gasteiger partial charge in [0.2, 0.25) is 0 Å². The van der Waals surface area contributed by atoms with Crippen molar-refractivity contribution in [3.8, 4) is 17.3 Å². The van der Waals surface area contributed by atoms with Crippen molar-refractivity contribution in [2.75, 3.05) is 0 Å². The first kappa shape index (κ1) is 9.48. The molecule has 0 N–H and O–H groups in total. The van der Waals surface area contributed by atoms with E-state index in [9.17, 15) is 0 Å². The van der Waals surface area contributed by atoms with Crippen molar-refractivity contribution in [3.63, 3.8) is 0 Å². The molecular weight excluding hydrogens is 214 g/mol. The number of nitrogens with zero attached hydrogens (tertiary/aromatic N) is 5. The van der Waals surface area contributed by atoms with Crippen LogP contribution < -0.4 is 0 Å². The van der Waals surface area contributed by atoms with E-state index in [4.69, 9.17) is 5.26 Å². The van der Waals surface area contributed by atoms with E-state index in [-0.39, 0.29) is 0 Å². The minimum absolute atomic E-state index is 0.473. The monoisotopic (exact) mass is 221 g/mol. The predicted molar refractivity (Wildman–Crippen MR) is 60.9 cm³/mol. The maximum absolute atomic E-state index is 8.93. The molecule has 0 radical (unpaired) electrons. The first-order valence-corrected chi connectivity index (χ1v) is 5.03. The van der Waals surface area contributed by atoms with Crippen LogP contribution in [0.4, 0.5) is 0 Å². The van der Waals surface area contributed by atoms with Crippen LogP contribution in [-0.2, 0) is 0 Å². The first-order chi connectivity index (χ1) is 8.40. The van der Waals surface area contributed by atoms with Crippen molar-refractivity contribution < 1.29 is 0 Å². The molecular formula is C12H7N5. The summed E-state index contributed by atoms with van der Waals surface area (Å²) in [5, 5.41) is 13.1. The van der Waals surface area contributed by atoms with Gasteiger partial charge in [-0.25, -0.2) is 9.50 Å². The van der Waals surface area contributed by atoms with Crippen LogP contribution in [0, 0.1) is 11.3 Å². The third kappa shape index (κ3) is 1.43. The third-order valence-corrected chi connectivity index (χ3v) is 2.50.